The van der Waals surface area contributed by atoms with Gasteiger partial charge < -0.3 is 15.4 Å². The number of halogens is 1. The van der Waals surface area contributed by atoms with Crippen molar-refractivity contribution in [2.45, 2.75) is 12.5 Å². The maximum atomic E-state index is 13.0. The summed E-state index contributed by atoms with van der Waals surface area (Å²) >= 11 is 6.05. The Hall–Kier alpha value is -3.31. The van der Waals surface area contributed by atoms with Crippen molar-refractivity contribution in [3.63, 3.8) is 0 Å². The Morgan fingerprint density at radius 3 is 2.28 bits per heavy atom. The van der Waals surface area contributed by atoms with Crippen LogP contribution in [0.4, 0.5) is 5.69 Å². The van der Waals surface area contributed by atoms with Crippen LogP contribution in [0.2, 0.25) is 5.02 Å². The number of ether oxygens (including phenoxy) is 1. The molecule has 5 nitrogen and oxygen atoms in total. The first-order valence-electron chi connectivity index (χ1n) is 9.11. The van der Waals surface area contributed by atoms with Gasteiger partial charge in [0, 0.05) is 17.0 Å². The lowest BCUT2D eigenvalue weighted by Gasteiger charge is -2.20. The lowest BCUT2D eigenvalue weighted by atomic mass is 10.0. The van der Waals surface area contributed by atoms with Crippen LogP contribution in [0.3, 0.4) is 0 Å². The SMILES string of the molecule is COc1ccc(Cl)cc1NC(=O)[C@@H](Cc1ccccc1)NC(=O)c1ccccc1. The Kier molecular flexibility index (Phi) is 6.87. The zero-order valence-corrected chi connectivity index (χ0v) is 16.6. The fourth-order valence-electron chi connectivity index (χ4n) is 2.89. The Morgan fingerprint density at radius 1 is 0.966 bits per heavy atom. The van der Waals surface area contributed by atoms with E-state index in [2.05, 4.69) is 10.6 Å². The van der Waals surface area contributed by atoms with Gasteiger partial charge in [-0.3, -0.25) is 9.59 Å². The summed E-state index contributed by atoms with van der Waals surface area (Å²) < 4.78 is 5.29. The molecule has 0 aliphatic carbocycles. The summed E-state index contributed by atoms with van der Waals surface area (Å²) in [4.78, 5) is 25.7. The van der Waals surface area contributed by atoms with Crippen molar-refractivity contribution in [1.29, 1.82) is 0 Å². The number of anilines is 1. The van der Waals surface area contributed by atoms with E-state index in [0.717, 1.165) is 5.56 Å². The van der Waals surface area contributed by atoms with Gasteiger partial charge >= 0.3 is 0 Å². The van der Waals surface area contributed by atoms with E-state index in [1.165, 1.54) is 7.11 Å². The van der Waals surface area contributed by atoms with Crippen LogP contribution in [0.25, 0.3) is 0 Å². The molecule has 0 saturated carbocycles. The highest BCUT2D eigenvalue weighted by molar-refractivity contribution is 6.31. The minimum absolute atomic E-state index is 0.320. The van der Waals surface area contributed by atoms with Gasteiger partial charge in [0.1, 0.15) is 11.8 Å². The van der Waals surface area contributed by atoms with E-state index in [1.54, 1.807) is 42.5 Å². The van der Waals surface area contributed by atoms with Gasteiger partial charge in [-0.25, -0.2) is 0 Å². The maximum Gasteiger partial charge on any atom is 0.251 e. The predicted molar refractivity (Wildman–Crippen MR) is 114 cm³/mol. The van der Waals surface area contributed by atoms with Gasteiger partial charge in [0.05, 0.1) is 12.8 Å². The highest BCUT2D eigenvalue weighted by atomic mass is 35.5. The van der Waals surface area contributed by atoms with Crippen molar-refractivity contribution in [2.75, 3.05) is 12.4 Å². The summed E-state index contributed by atoms with van der Waals surface area (Å²) in [6.45, 7) is 0. The number of carbonyl (C=O) groups is 2. The largest absolute Gasteiger partial charge is 0.495 e. The highest BCUT2D eigenvalue weighted by Gasteiger charge is 2.23. The molecule has 0 spiro atoms. The molecule has 6 heteroatoms. The minimum Gasteiger partial charge on any atom is -0.495 e. The topological polar surface area (TPSA) is 67.4 Å². The number of hydrogen-bond acceptors (Lipinski definition) is 3. The molecular formula is C23H21ClN2O3. The van der Waals surface area contributed by atoms with Crippen LogP contribution < -0.4 is 15.4 Å². The lowest BCUT2D eigenvalue weighted by molar-refractivity contribution is -0.118. The van der Waals surface area contributed by atoms with E-state index in [-0.39, 0.29) is 11.8 Å². The van der Waals surface area contributed by atoms with Gasteiger partial charge in [0.15, 0.2) is 0 Å². The van der Waals surface area contributed by atoms with E-state index in [1.807, 2.05) is 36.4 Å². The normalized spacial score (nSPS) is 11.4. The molecule has 0 aliphatic heterocycles. The van der Waals surface area contributed by atoms with Crippen molar-refractivity contribution in [1.82, 2.24) is 5.32 Å². The van der Waals surface area contributed by atoms with E-state index >= 15 is 0 Å². The Morgan fingerprint density at radius 2 is 1.62 bits per heavy atom. The number of carbonyl (C=O) groups excluding carboxylic acids is 2. The van der Waals surface area contributed by atoms with Crippen molar-refractivity contribution in [2.24, 2.45) is 0 Å². The minimum atomic E-state index is -0.784. The Labute approximate surface area is 174 Å². The first-order valence-corrected chi connectivity index (χ1v) is 9.49. The molecule has 0 unspecified atom stereocenters. The van der Waals surface area contributed by atoms with Crippen LogP contribution in [-0.4, -0.2) is 25.0 Å². The van der Waals surface area contributed by atoms with Gasteiger partial charge in [0.25, 0.3) is 5.91 Å². The molecule has 0 aliphatic rings. The maximum absolute atomic E-state index is 13.0. The average molecular weight is 409 g/mol. The molecular weight excluding hydrogens is 388 g/mol. The van der Waals surface area contributed by atoms with Crippen LogP contribution in [0.5, 0.6) is 5.75 Å². The molecule has 0 aromatic heterocycles. The number of hydrogen-bond donors (Lipinski definition) is 2. The Balaban J connectivity index is 1.83. The van der Waals surface area contributed by atoms with Gasteiger partial charge in [-0.1, -0.05) is 60.1 Å². The fraction of sp³-hybridized carbons (Fsp3) is 0.130. The zero-order valence-electron chi connectivity index (χ0n) is 15.9. The van der Waals surface area contributed by atoms with Gasteiger partial charge in [-0.15, -0.1) is 0 Å². The van der Waals surface area contributed by atoms with E-state index in [4.69, 9.17) is 16.3 Å². The third kappa shape index (κ3) is 5.59. The number of methoxy groups -OCH3 is 1. The second-order valence-corrected chi connectivity index (χ2v) is 6.85. The van der Waals surface area contributed by atoms with Gasteiger partial charge in [-0.2, -0.15) is 0 Å². The molecule has 29 heavy (non-hydrogen) atoms. The van der Waals surface area contributed by atoms with Crippen LogP contribution in [0.1, 0.15) is 15.9 Å². The van der Waals surface area contributed by atoms with Crippen LogP contribution in [-0.2, 0) is 11.2 Å². The number of benzene rings is 3. The zero-order chi connectivity index (χ0) is 20.6. The Bertz CT molecular complexity index is 978. The first kappa shape index (κ1) is 20.4. The molecule has 0 heterocycles. The summed E-state index contributed by atoms with van der Waals surface area (Å²) in [5.41, 5.74) is 1.86. The summed E-state index contributed by atoms with van der Waals surface area (Å²) in [6.07, 6.45) is 0.341. The number of nitrogens with one attached hydrogen (secondary N) is 2. The quantitative estimate of drug-likeness (QED) is 0.611. The number of amides is 2. The van der Waals surface area contributed by atoms with Crippen LogP contribution in [0.15, 0.2) is 78.9 Å². The third-order valence-corrected chi connectivity index (χ3v) is 4.59. The lowest BCUT2D eigenvalue weighted by Crippen LogP contribution is -2.45. The van der Waals surface area contributed by atoms with Crippen molar-refractivity contribution < 1.29 is 14.3 Å². The average Bonchev–Trinajstić information content (AvgIpc) is 2.74. The molecule has 0 radical (unpaired) electrons. The third-order valence-electron chi connectivity index (χ3n) is 4.36. The molecule has 3 aromatic rings. The summed E-state index contributed by atoms with van der Waals surface area (Å²) in [7, 11) is 1.51. The van der Waals surface area contributed by atoms with E-state index in [9.17, 15) is 9.59 Å². The summed E-state index contributed by atoms with van der Waals surface area (Å²) in [5, 5.41) is 6.11. The molecule has 0 bridgehead atoms. The first-order chi connectivity index (χ1) is 14.1. The second kappa shape index (κ2) is 9.75. The second-order valence-electron chi connectivity index (χ2n) is 6.42. The molecule has 148 valence electrons. The molecule has 3 rings (SSSR count). The van der Waals surface area contributed by atoms with E-state index in [0.29, 0.717) is 28.4 Å². The van der Waals surface area contributed by atoms with Crippen LogP contribution >= 0.6 is 11.6 Å². The summed E-state index contributed by atoms with van der Waals surface area (Å²) in [5.74, 6) is -0.200. The number of rotatable bonds is 7. The molecule has 2 N–H and O–H groups in total. The molecule has 3 aromatic carbocycles. The summed E-state index contributed by atoms with van der Waals surface area (Å²) in [6, 6.07) is 22.5. The monoisotopic (exact) mass is 408 g/mol. The van der Waals surface area contributed by atoms with Crippen LogP contribution in [0, 0.1) is 0 Å². The van der Waals surface area contributed by atoms with Gasteiger partial charge in [-0.05, 0) is 35.9 Å². The van der Waals surface area contributed by atoms with Gasteiger partial charge in [0.2, 0.25) is 5.91 Å². The predicted octanol–water partition coefficient (Wildman–Crippen LogP) is 4.33. The van der Waals surface area contributed by atoms with Crippen molar-refractivity contribution in [3.05, 3.63) is 95.0 Å². The standard InChI is InChI=1S/C23H21ClN2O3/c1-29-21-13-12-18(24)15-19(21)25-23(28)20(14-16-8-4-2-5-9-16)26-22(27)17-10-6-3-7-11-17/h2-13,15,20H,14H2,1H3,(H,25,28)(H,26,27)/t20-/m1/s1. The van der Waals surface area contributed by atoms with Crippen molar-refractivity contribution >= 4 is 29.1 Å². The smallest absolute Gasteiger partial charge is 0.251 e. The molecule has 0 fully saturated rings. The molecule has 0 saturated heterocycles. The van der Waals surface area contributed by atoms with E-state index < -0.39 is 6.04 Å². The molecule has 2 amide bonds. The highest BCUT2D eigenvalue weighted by Crippen LogP contribution is 2.27. The fourth-order valence-corrected chi connectivity index (χ4v) is 3.06. The molecule has 1 atom stereocenters. The van der Waals surface area contributed by atoms with Crippen molar-refractivity contribution in [3.8, 4) is 5.75 Å².